The quantitative estimate of drug-likeness (QED) is 0.666. The second-order valence-electron chi connectivity index (χ2n) is 5.16. The molecule has 0 saturated carbocycles. The second kappa shape index (κ2) is 6.13. The first-order valence-corrected chi connectivity index (χ1v) is 8.07. The summed E-state index contributed by atoms with van der Waals surface area (Å²) in [6.07, 6.45) is 3.70. The van der Waals surface area contributed by atoms with E-state index in [0.717, 1.165) is 12.1 Å². The largest absolute Gasteiger partial charge is 0.308 e. The van der Waals surface area contributed by atoms with Gasteiger partial charge in [-0.25, -0.2) is 0 Å². The van der Waals surface area contributed by atoms with Crippen LogP contribution in [0.15, 0.2) is 24.3 Å². The third-order valence-corrected chi connectivity index (χ3v) is 5.19. The van der Waals surface area contributed by atoms with Crippen molar-refractivity contribution in [3.8, 4) is 0 Å². The minimum absolute atomic E-state index is 0.0360. The van der Waals surface area contributed by atoms with Crippen molar-refractivity contribution in [2.75, 3.05) is 0 Å². The topological polar surface area (TPSA) is 55.2 Å². The summed E-state index contributed by atoms with van der Waals surface area (Å²) in [5.74, 6) is 0. The summed E-state index contributed by atoms with van der Waals surface area (Å²) in [6.45, 7) is 1.40. The first-order chi connectivity index (χ1) is 10.1. The van der Waals surface area contributed by atoms with Crippen LogP contribution in [0, 0.1) is 10.1 Å². The van der Waals surface area contributed by atoms with Crippen molar-refractivity contribution < 1.29 is 4.92 Å². The molecular weight excluding hydrogens is 308 g/mol. The summed E-state index contributed by atoms with van der Waals surface area (Å²) < 4.78 is 0. The number of nitro benzene ring substituents is 1. The predicted octanol–water partition coefficient (Wildman–Crippen LogP) is 4.09. The molecule has 0 atom stereocenters. The molecule has 1 aromatic heterocycles. The van der Waals surface area contributed by atoms with Gasteiger partial charge in [0.15, 0.2) is 0 Å². The maximum absolute atomic E-state index is 10.9. The fourth-order valence-electron chi connectivity index (χ4n) is 2.62. The lowest BCUT2D eigenvalue weighted by molar-refractivity contribution is -0.384. The van der Waals surface area contributed by atoms with Crippen molar-refractivity contribution in [2.45, 2.75) is 32.4 Å². The minimum atomic E-state index is -0.449. The van der Waals surface area contributed by atoms with E-state index in [-0.39, 0.29) is 10.7 Å². The number of fused-ring (bicyclic) bond motifs is 1. The normalized spacial score (nSPS) is 13.4. The third kappa shape index (κ3) is 3.26. The number of nitrogens with zero attached hydrogens (tertiary/aromatic N) is 1. The molecule has 0 saturated heterocycles. The highest BCUT2D eigenvalue weighted by molar-refractivity contribution is 7.12. The van der Waals surface area contributed by atoms with Crippen molar-refractivity contribution in [3.05, 3.63) is 60.3 Å². The van der Waals surface area contributed by atoms with Gasteiger partial charge in [-0.1, -0.05) is 17.7 Å². The monoisotopic (exact) mass is 322 g/mol. The van der Waals surface area contributed by atoms with Crippen LogP contribution in [-0.2, 0) is 25.9 Å². The number of thiophene rings is 1. The molecule has 0 fully saturated rings. The molecule has 1 N–H and O–H groups in total. The Kier molecular flexibility index (Phi) is 4.24. The fourth-order valence-corrected chi connectivity index (χ4v) is 4.03. The van der Waals surface area contributed by atoms with Gasteiger partial charge in [-0.2, -0.15) is 0 Å². The van der Waals surface area contributed by atoms with Crippen LogP contribution in [0.4, 0.5) is 5.69 Å². The number of hydrogen-bond donors (Lipinski definition) is 1. The molecule has 1 aliphatic rings. The van der Waals surface area contributed by atoms with Gasteiger partial charge < -0.3 is 5.32 Å². The van der Waals surface area contributed by atoms with Gasteiger partial charge >= 0.3 is 0 Å². The third-order valence-electron chi connectivity index (χ3n) is 3.63. The number of benzene rings is 1. The lowest BCUT2D eigenvalue weighted by atomic mass is 10.2. The maximum Gasteiger partial charge on any atom is 0.288 e. The van der Waals surface area contributed by atoms with Crippen molar-refractivity contribution in [2.24, 2.45) is 0 Å². The zero-order chi connectivity index (χ0) is 14.8. The van der Waals surface area contributed by atoms with Gasteiger partial charge in [0.25, 0.3) is 5.69 Å². The van der Waals surface area contributed by atoms with Gasteiger partial charge in [0.1, 0.15) is 5.02 Å². The van der Waals surface area contributed by atoms with Crippen LogP contribution < -0.4 is 5.32 Å². The Balaban J connectivity index is 1.60. The number of halogens is 1. The van der Waals surface area contributed by atoms with Crippen molar-refractivity contribution in [1.82, 2.24) is 5.32 Å². The number of nitro groups is 1. The lowest BCUT2D eigenvalue weighted by Gasteiger charge is -2.04. The smallest absolute Gasteiger partial charge is 0.288 e. The highest BCUT2D eigenvalue weighted by Gasteiger charge is 2.15. The molecule has 4 nitrogen and oxygen atoms in total. The van der Waals surface area contributed by atoms with E-state index in [1.54, 1.807) is 6.07 Å². The van der Waals surface area contributed by atoms with E-state index in [2.05, 4.69) is 11.4 Å². The van der Waals surface area contributed by atoms with E-state index in [0.29, 0.717) is 6.54 Å². The number of hydrogen-bond acceptors (Lipinski definition) is 4. The zero-order valence-electron chi connectivity index (χ0n) is 11.4. The summed E-state index contributed by atoms with van der Waals surface area (Å²) in [6, 6.07) is 7.21. The van der Waals surface area contributed by atoms with Gasteiger partial charge in [0.2, 0.25) is 0 Å². The molecule has 1 aromatic carbocycles. The van der Waals surface area contributed by atoms with Crippen LogP contribution >= 0.6 is 22.9 Å². The van der Waals surface area contributed by atoms with Crippen molar-refractivity contribution >= 4 is 28.6 Å². The number of nitrogens with one attached hydrogen (secondary N) is 1. The Bertz CT molecular complexity index is 663. The van der Waals surface area contributed by atoms with Crippen molar-refractivity contribution in [1.29, 1.82) is 0 Å². The fraction of sp³-hybridized carbons (Fsp3) is 0.333. The number of rotatable bonds is 5. The van der Waals surface area contributed by atoms with Gasteiger partial charge in [0, 0.05) is 28.9 Å². The molecular formula is C15H15ClN2O2S. The lowest BCUT2D eigenvalue weighted by Crippen LogP contribution is -2.12. The molecule has 0 unspecified atom stereocenters. The molecule has 0 spiro atoms. The van der Waals surface area contributed by atoms with Crippen LogP contribution in [-0.4, -0.2) is 4.92 Å². The summed E-state index contributed by atoms with van der Waals surface area (Å²) in [4.78, 5) is 13.3. The van der Waals surface area contributed by atoms with E-state index in [1.807, 2.05) is 17.4 Å². The maximum atomic E-state index is 10.9. The first-order valence-electron chi connectivity index (χ1n) is 6.87. The van der Waals surface area contributed by atoms with E-state index in [4.69, 9.17) is 11.6 Å². The molecule has 1 aliphatic carbocycles. The van der Waals surface area contributed by atoms with Crippen LogP contribution in [0.5, 0.6) is 0 Å². The van der Waals surface area contributed by atoms with Crippen LogP contribution in [0.3, 0.4) is 0 Å². The van der Waals surface area contributed by atoms with Crippen molar-refractivity contribution in [3.63, 3.8) is 0 Å². The Morgan fingerprint density at radius 2 is 2.14 bits per heavy atom. The molecule has 0 amide bonds. The van der Waals surface area contributed by atoms with Gasteiger partial charge in [-0.3, -0.25) is 10.1 Å². The summed E-state index contributed by atoms with van der Waals surface area (Å²) >= 11 is 7.68. The Labute approximate surface area is 131 Å². The second-order valence-corrected chi connectivity index (χ2v) is 6.79. The van der Waals surface area contributed by atoms with E-state index >= 15 is 0 Å². The van der Waals surface area contributed by atoms with Crippen LogP contribution in [0.1, 0.15) is 27.3 Å². The summed E-state index contributed by atoms with van der Waals surface area (Å²) in [5.41, 5.74) is 2.33. The summed E-state index contributed by atoms with van der Waals surface area (Å²) in [7, 11) is 0. The molecule has 6 heteroatoms. The minimum Gasteiger partial charge on any atom is -0.308 e. The van der Waals surface area contributed by atoms with E-state index < -0.39 is 4.92 Å². The number of aryl methyl sites for hydroxylation is 2. The summed E-state index contributed by atoms with van der Waals surface area (Å²) in [5, 5.41) is 14.4. The molecule has 0 radical (unpaired) electrons. The van der Waals surface area contributed by atoms with Crippen LogP contribution in [0.2, 0.25) is 5.02 Å². The van der Waals surface area contributed by atoms with E-state index in [9.17, 15) is 10.1 Å². The first kappa shape index (κ1) is 14.5. The molecule has 110 valence electrons. The highest BCUT2D eigenvalue weighted by Crippen LogP contribution is 2.30. The standard InChI is InChI=1S/C15H15ClN2O2S/c16-13-5-4-10(6-14(13)18(19)20)8-17-9-12-7-11-2-1-3-15(11)21-12/h4-7,17H,1-3,8-9H2. The molecule has 3 rings (SSSR count). The Morgan fingerprint density at radius 1 is 1.29 bits per heavy atom. The average molecular weight is 323 g/mol. The van der Waals surface area contributed by atoms with Gasteiger partial charge in [-0.05, 0) is 42.5 Å². The van der Waals surface area contributed by atoms with Gasteiger partial charge in [-0.15, -0.1) is 11.3 Å². The zero-order valence-corrected chi connectivity index (χ0v) is 13.0. The SMILES string of the molecule is O=[N+]([O-])c1cc(CNCc2cc3c(s2)CCC3)ccc1Cl. The molecule has 0 bridgehead atoms. The predicted molar refractivity (Wildman–Crippen MR) is 85.0 cm³/mol. The van der Waals surface area contributed by atoms with E-state index in [1.165, 1.54) is 40.6 Å². The molecule has 0 aliphatic heterocycles. The highest BCUT2D eigenvalue weighted by atomic mass is 35.5. The molecule has 21 heavy (non-hydrogen) atoms. The van der Waals surface area contributed by atoms with Crippen LogP contribution in [0.25, 0.3) is 0 Å². The Morgan fingerprint density at radius 3 is 2.90 bits per heavy atom. The van der Waals surface area contributed by atoms with Gasteiger partial charge in [0.05, 0.1) is 4.92 Å². The average Bonchev–Trinajstić information content (AvgIpc) is 3.01. The Hall–Kier alpha value is -1.43. The molecule has 1 heterocycles. The molecule has 2 aromatic rings.